The molecule has 0 radical (unpaired) electrons. The fourth-order valence-corrected chi connectivity index (χ4v) is 2.45. The summed E-state index contributed by atoms with van der Waals surface area (Å²) in [5.41, 5.74) is 7.41. The van der Waals surface area contributed by atoms with E-state index >= 15 is 0 Å². The Kier molecular flexibility index (Phi) is 3.94. The van der Waals surface area contributed by atoms with E-state index in [2.05, 4.69) is 0 Å². The highest BCUT2D eigenvalue weighted by Gasteiger charge is 2.15. The Morgan fingerprint density at radius 2 is 1.89 bits per heavy atom. The lowest BCUT2D eigenvalue weighted by molar-refractivity contribution is 0.103. The molecular weight excluding hydrogens is 266 g/mol. The van der Waals surface area contributed by atoms with Crippen LogP contribution in [0.2, 0.25) is 5.02 Å². The monoisotopic (exact) mass is 277 g/mol. The van der Waals surface area contributed by atoms with E-state index in [9.17, 15) is 4.79 Å². The number of hydrogen-bond acceptors (Lipinski definition) is 3. The van der Waals surface area contributed by atoms with Gasteiger partial charge in [0.25, 0.3) is 0 Å². The van der Waals surface area contributed by atoms with Gasteiger partial charge in [0.2, 0.25) is 0 Å². The Labute approximate surface area is 115 Å². The van der Waals surface area contributed by atoms with Crippen LogP contribution in [0.3, 0.4) is 0 Å². The molecule has 92 valence electrons. The summed E-state index contributed by atoms with van der Waals surface area (Å²) in [5, 5.41) is 0.547. The molecule has 2 N–H and O–H groups in total. The van der Waals surface area contributed by atoms with E-state index in [1.807, 2.05) is 12.3 Å². The molecule has 0 fully saturated rings. The average Bonchev–Trinajstić information content (AvgIpc) is 2.38. The second-order valence-electron chi connectivity index (χ2n) is 3.76. The molecule has 2 aromatic rings. The summed E-state index contributed by atoms with van der Waals surface area (Å²) in [4.78, 5) is 13.3. The van der Waals surface area contributed by atoms with E-state index in [4.69, 9.17) is 17.3 Å². The number of nitrogen functional groups attached to an aromatic ring is 1. The number of rotatable bonds is 3. The Morgan fingerprint density at radius 1 is 1.17 bits per heavy atom. The predicted octanol–water partition coefficient (Wildman–Crippen LogP) is 3.88. The lowest BCUT2D eigenvalue weighted by Gasteiger charge is -2.08. The van der Waals surface area contributed by atoms with E-state index in [0.29, 0.717) is 21.8 Å². The minimum Gasteiger partial charge on any atom is -0.398 e. The maximum absolute atomic E-state index is 12.4. The molecule has 0 heterocycles. The van der Waals surface area contributed by atoms with E-state index in [1.54, 1.807) is 36.4 Å². The molecule has 0 aliphatic heterocycles. The molecule has 2 nitrogen and oxygen atoms in total. The molecule has 0 atom stereocenters. The van der Waals surface area contributed by atoms with Crippen LogP contribution in [0.4, 0.5) is 5.69 Å². The first-order chi connectivity index (χ1) is 8.63. The second-order valence-corrected chi connectivity index (χ2v) is 5.05. The molecule has 0 saturated carbocycles. The van der Waals surface area contributed by atoms with Crippen molar-refractivity contribution in [1.82, 2.24) is 0 Å². The molecule has 4 heteroatoms. The third-order valence-corrected chi connectivity index (χ3v) is 3.64. The van der Waals surface area contributed by atoms with E-state index in [-0.39, 0.29) is 5.78 Å². The van der Waals surface area contributed by atoms with Crippen molar-refractivity contribution in [2.45, 2.75) is 4.90 Å². The quantitative estimate of drug-likeness (QED) is 0.526. The lowest BCUT2D eigenvalue weighted by Crippen LogP contribution is -2.06. The van der Waals surface area contributed by atoms with Crippen LogP contribution >= 0.6 is 23.4 Å². The number of para-hydroxylation sites is 1. The number of carbonyl (C=O) groups excluding carboxylic acids is 1. The molecule has 0 amide bonds. The Morgan fingerprint density at radius 3 is 2.56 bits per heavy atom. The van der Waals surface area contributed by atoms with Crippen LogP contribution < -0.4 is 5.73 Å². The van der Waals surface area contributed by atoms with Crippen molar-refractivity contribution in [2.24, 2.45) is 0 Å². The van der Waals surface area contributed by atoms with Crippen molar-refractivity contribution in [1.29, 1.82) is 0 Å². The van der Waals surface area contributed by atoms with Crippen LogP contribution in [-0.2, 0) is 0 Å². The van der Waals surface area contributed by atoms with Crippen molar-refractivity contribution >= 4 is 34.8 Å². The first-order valence-electron chi connectivity index (χ1n) is 5.36. The predicted molar refractivity (Wildman–Crippen MR) is 77.5 cm³/mol. The fourth-order valence-electron chi connectivity index (χ4n) is 1.71. The zero-order valence-electron chi connectivity index (χ0n) is 9.81. The number of carbonyl (C=O) groups is 1. The van der Waals surface area contributed by atoms with Gasteiger partial charge in [0.1, 0.15) is 0 Å². The van der Waals surface area contributed by atoms with Crippen molar-refractivity contribution in [3.05, 3.63) is 58.6 Å². The maximum Gasteiger partial charge on any atom is 0.196 e. The summed E-state index contributed by atoms with van der Waals surface area (Å²) in [6.45, 7) is 0. The van der Waals surface area contributed by atoms with Gasteiger partial charge in [-0.15, -0.1) is 11.8 Å². The van der Waals surface area contributed by atoms with Gasteiger partial charge in [0, 0.05) is 26.7 Å². The molecule has 0 bridgehead atoms. The van der Waals surface area contributed by atoms with Crippen LogP contribution in [0.25, 0.3) is 0 Å². The summed E-state index contributed by atoms with van der Waals surface area (Å²) in [5.74, 6) is -0.0973. The van der Waals surface area contributed by atoms with Gasteiger partial charge in [0.15, 0.2) is 5.78 Å². The minimum atomic E-state index is -0.0973. The molecular formula is C14H12ClNOS. The van der Waals surface area contributed by atoms with Gasteiger partial charge in [-0.3, -0.25) is 4.79 Å². The molecule has 0 aromatic heterocycles. The van der Waals surface area contributed by atoms with Crippen molar-refractivity contribution in [3.63, 3.8) is 0 Å². The van der Waals surface area contributed by atoms with Crippen molar-refractivity contribution in [2.75, 3.05) is 12.0 Å². The fraction of sp³-hybridized carbons (Fsp3) is 0.0714. The zero-order chi connectivity index (χ0) is 13.1. The molecule has 0 aliphatic carbocycles. The normalized spacial score (nSPS) is 10.3. The number of thioether (sulfide) groups is 1. The minimum absolute atomic E-state index is 0.0973. The van der Waals surface area contributed by atoms with Crippen molar-refractivity contribution in [3.8, 4) is 0 Å². The summed E-state index contributed by atoms with van der Waals surface area (Å²) < 4.78 is 0. The number of nitrogens with two attached hydrogens (primary N) is 1. The highest BCUT2D eigenvalue weighted by atomic mass is 35.5. The van der Waals surface area contributed by atoms with E-state index in [1.165, 1.54) is 11.8 Å². The number of benzene rings is 2. The zero-order valence-corrected chi connectivity index (χ0v) is 11.4. The van der Waals surface area contributed by atoms with Crippen LogP contribution in [0, 0.1) is 0 Å². The number of ketones is 1. The SMILES string of the molecule is CSc1ccc(Cl)cc1C(=O)c1ccccc1N. The highest BCUT2D eigenvalue weighted by molar-refractivity contribution is 7.98. The van der Waals surface area contributed by atoms with Crippen LogP contribution in [0.5, 0.6) is 0 Å². The van der Waals surface area contributed by atoms with Gasteiger partial charge in [-0.1, -0.05) is 23.7 Å². The lowest BCUT2D eigenvalue weighted by atomic mass is 10.0. The van der Waals surface area contributed by atoms with Gasteiger partial charge < -0.3 is 5.73 Å². The van der Waals surface area contributed by atoms with E-state index < -0.39 is 0 Å². The Hall–Kier alpha value is -1.45. The van der Waals surface area contributed by atoms with Gasteiger partial charge >= 0.3 is 0 Å². The molecule has 0 aliphatic rings. The summed E-state index contributed by atoms with van der Waals surface area (Å²) in [7, 11) is 0. The summed E-state index contributed by atoms with van der Waals surface area (Å²) in [6.07, 6.45) is 1.92. The Bertz CT molecular complexity index is 598. The molecule has 2 aromatic carbocycles. The number of anilines is 1. The molecule has 0 spiro atoms. The van der Waals surface area contributed by atoms with Gasteiger partial charge in [0.05, 0.1) is 0 Å². The number of hydrogen-bond donors (Lipinski definition) is 1. The van der Waals surface area contributed by atoms with Crippen LogP contribution in [0.15, 0.2) is 47.4 Å². The Balaban J connectivity index is 2.52. The van der Waals surface area contributed by atoms with E-state index in [0.717, 1.165) is 4.90 Å². The second kappa shape index (κ2) is 5.46. The smallest absolute Gasteiger partial charge is 0.196 e. The van der Waals surface area contributed by atoms with Crippen LogP contribution in [-0.4, -0.2) is 12.0 Å². The summed E-state index contributed by atoms with van der Waals surface area (Å²) in [6, 6.07) is 12.4. The largest absolute Gasteiger partial charge is 0.398 e. The topological polar surface area (TPSA) is 43.1 Å². The van der Waals surface area contributed by atoms with Crippen LogP contribution in [0.1, 0.15) is 15.9 Å². The van der Waals surface area contributed by atoms with Gasteiger partial charge in [-0.2, -0.15) is 0 Å². The maximum atomic E-state index is 12.4. The molecule has 18 heavy (non-hydrogen) atoms. The molecule has 0 saturated heterocycles. The standard InChI is InChI=1S/C14H12ClNOS/c1-18-13-7-6-9(15)8-11(13)14(17)10-4-2-3-5-12(10)16/h2-8H,16H2,1H3. The third kappa shape index (κ3) is 2.52. The summed E-state index contributed by atoms with van der Waals surface area (Å²) >= 11 is 7.47. The van der Waals surface area contributed by atoms with Gasteiger partial charge in [-0.25, -0.2) is 0 Å². The third-order valence-electron chi connectivity index (χ3n) is 2.61. The van der Waals surface area contributed by atoms with Crippen molar-refractivity contribution < 1.29 is 4.79 Å². The average molecular weight is 278 g/mol. The first-order valence-corrected chi connectivity index (χ1v) is 6.96. The number of halogens is 1. The molecule has 0 unspecified atom stereocenters. The van der Waals surface area contributed by atoms with Gasteiger partial charge in [-0.05, 0) is 36.6 Å². The highest BCUT2D eigenvalue weighted by Crippen LogP contribution is 2.27. The first kappa shape index (κ1) is 13.0. The molecule has 2 rings (SSSR count).